The molecule has 2 rings (SSSR count). The molecule has 0 amide bonds. The summed E-state index contributed by atoms with van der Waals surface area (Å²) in [5, 5.41) is 3.30. The van der Waals surface area contributed by atoms with Crippen molar-refractivity contribution in [2.75, 3.05) is 31.3 Å². The molecule has 9 heteroatoms. The van der Waals surface area contributed by atoms with E-state index in [1.54, 1.807) is 18.2 Å². The fourth-order valence-electron chi connectivity index (χ4n) is 2.23. The van der Waals surface area contributed by atoms with E-state index in [1.807, 2.05) is 0 Å². The van der Waals surface area contributed by atoms with E-state index in [-0.39, 0.29) is 18.3 Å². The predicted octanol–water partition coefficient (Wildman–Crippen LogP) is 1.79. The maximum absolute atomic E-state index is 11.9. The highest BCUT2D eigenvalue weighted by Crippen LogP contribution is 2.27. The van der Waals surface area contributed by atoms with E-state index in [9.17, 15) is 8.42 Å². The minimum absolute atomic E-state index is 0.0860. The summed E-state index contributed by atoms with van der Waals surface area (Å²) in [5.41, 5.74) is 6.40. The minimum atomic E-state index is -3.32. The van der Waals surface area contributed by atoms with E-state index in [0.29, 0.717) is 28.9 Å². The number of nitrogens with two attached hydrogens (primary N) is 1. The van der Waals surface area contributed by atoms with Crippen LogP contribution >= 0.6 is 11.6 Å². The Morgan fingerprint density at radius 1 is 1.46 bits per heavy atom. The number of hydrogen-bond donors (Lipinski definition) is 3. The molecule has 1 saturated carbocycles. The Kier molecular flexibility index (Phi) is 6.70. The number of methoxy groups -OCH3 is 1. The normalized spacial score (nSPS) is 15.8. The van der Waals surface area contributed by atoms with Gasteiger partial charge < -0.3 is 15.8 Å². The van der Waals surface area contributed by atoms with Gasteiger partial charge in [-0.2, -0.15) is 0 Å². The van der Waals surface area contributed by atoms with Crippen LogP contribution < -0.4 is 20.5 Å². The van der Waals surface area contributed by atoms with Gasteiger partial charge in [-0.05, 0) is 37.0 Å². The number of hydrogen-bond acceptors (Lipinski definition) is 4. The van der Waals surface area contributed by atoms with Crippen molar-refractivity contribution in [2.45, 2.75) is 19.3 Å². The SMILES string of the molecule is COc1ccc(NC(N)=NCCS(=O)(=O)NCC2CCC2)cc1Cl. The Morgan fingerprint density at radius 3 is 2.79 bits per heavy atom. The zero-order chi connectivity index (χ0) is 17.6. The molecular weight excluding hydrogens is 352 g/mol. The lowest BCUT2D eigenvalue weighted by atomic mass is 9.86. The molecule has 4 N–H and O–H groups in total. The second kappa shape index (κ2) is 8.55. The molecule has 0 aliphatic heterocycles. The van der Waals surface area contributed by atoms with Gasteiger partial charge in [0.2, 0.25) is 10.0 Å². The molecule has 0 saturated heterocycles. The molecule has 0 bridgehead atoms. The zero-order valence-corrected chi connectivity index (χ0v) is 15.2. The van der Waals surface area contributed by atoms with Crippen molar-refractivity contribution in [1.29, 1.82) is 0 Å². The number of benzene rings is 1. The van der Waals surface area contributed by atoms with E-state index in [4.69, 9.17) is 22.1 Å². The van der Waals surface area contributed by atoms with Crippen molar-refractivity contribution in [2.24, 2.45) is 16.6 Å². The van der Waals surface area contributed by atoms with Crippen molar-refractivity contribution in [3.8, 4) is 5.75 Å². The second-order valence-corrected chi connectivity index (χ2v) is 8.04. The summed E-state index contributed by atoms with van der Waals surface area (Å²) < 4.78 is 31.4. The lowest BCUT2D eigenvalue weighted by Gasteiger charge is -2.25. The number of halogens is 1. The summed E-state index contributed by atoms with van der Waals surface area (Å²) in [6.45, 7) is 0.604. The molecule has 134 valence electrons. The summed E-state index contributed by atoms with van der Waals surface area (Å²) in [7, 11) is -1.78. The molecule has 1 aliphatic carbocycles. The van der Waals surface area contributed by atoms with Gasteiger partial charge in [-0.15, -0.1) is 0 Å². The van der Waals surface area contributed by atoms with E-state index in [2.05, 4.69) is 15.0 Å². The molecule has 24 heavy (non-hydrogen) atoms. The van der Waals surface area contributed by atoms with Crippen LogP contribution in [0.5, 0.6) is 5.75 Å². The van der Waals surface area contributed by atoms with E-state index >= 15 is 0 Å². The Hall–Kier alpha value is -1.51. The maximum Gasteiger partial charge on any atom is 0.213 e. The van der Waals surface area contributed by atoms with Crippen molar-refractivity contribution in [1.82, 2.24) is 4.72 Å². The highest BCUT2D eigenvalue weighted by atomic mass is 35.5. The van der Waals surface area contributed by atoms with Crippen LogP contribution in [0.1, 0.15) is 19.3 Å². The molecular formula is C15H23ClN4O3S. The Labute approximate surface area is 147 Å². The van der Waals surface area contributed by atoms with Crippen LogP contribution in [0.2, 0.25) is 5.02 Å². The first-order chi connectivity index (χ1) is 11.4. The third-order valence-corrected chi connectivity index (χ3v) is 5.50. The molecule has 1 aromatic carbocycles. The van der Waals surface area contributed by atoms with Gasteiger partial charge in [-0.3, -0.25) is 4.99 Å². The lowest BCUT2D eigenvalue weighted by molar-refractivity contribution is 0.316. The summed E-state index contributed by atoms with van der Waals surface area (Å²) in [6, 6.07) is 5.09. The van der Waals surface area contributed by atoms with Gasteiger partial charge >= 0.3 is 0 Å². The molecule has 0 radical (unpaired) electrons. The fourth-order valence-corrected chi connectivity index (χ4v) is 3.46. The molecule has 0 spiro atoms. The quantitative estimate of drug-likeness (QED) is 0.475. The second-order valence-electron chi connectivity index (χ2n) is 5.71. The number of guanidine groups is 1. The third kappa shape index (κ3) is 5.85. The van der Waals surface area contributed by atoms with Gasteiger partial charge in [-0.1, -0.05) is 18.0 Å². The monoisotopic (exact) mass is 374 g/mol. The number of ether oxygens (including phenoxy) is 1. The van der Waals surface area contributed by atoms with Gasteiger partial charge in [-0.25, -0.2) is 13.1 Å². The number of anilines is 1. The smallest absolute Gasteiger partial charge is 0.213 e. The Balaban J connectivity index is 1.79. The van der Waals surface area contributed by atoms with Crippen LogP contribution in [0.3, 0.4) is 0 Å². The standard InChI is InChI=1S/C15H23ClN4O3S/c1-23-14-6-5-12(9-13(14)16)20-15(17)18-7-8-24(21,22)19-10-11-3-2-4-11/h5-6,9,11,19H,2-4,7-8,10H2,1H3,(H3,17,18,20). The number of sulfonamides is 1. The van der Waals surface area contributed by atoms with Crippen LogP contribution in [0.25, 0.3) is 0 Å². The van der Waals surface area contributed by atoms with Crippen molar-refractivity contribution >= 4 is 33.3 Å². The predicted molar refractivity (Wildman–Crippen MR) is 97.2 cm³/mol. The van der Waals surface area contributed by atoms with Crippen LogP contribution in [-0.2, 0) is 10.0 Å². The first-order valence-electron chi connectivity index (χ1n) is 7.77. The van der Waals surface area contributed by atoms with Crippen LogP contribution in [0.4, 0.5) is 5.69 Å². The van der Waals surface area contributed by atoms with Crippen LogP contribution in [0, 0.1) is 5.92 Å². The van der Waals surface area contributed by atoms with Gasteiger partial charge in [0, 0.05) is 12.2 Å². The first kappa shape index (κ1) is 18.8. The molecule has 7 nitrogen and oxygen atoms in total. The molecule has 1 aliphatic rings. The largest absolute Gasteiger partial charge is 0.495 e. The number of rotatable bonds is 8. The Morgan fingerprint density at radius 2 is 2.21 bits per heavy atom. The van der Waals surface area contributed by atoms with E-state index in [1.165, 1.54) is 13.5 Å². The van der Waals surface area contributed by atoms with E-state index < -0.39 is 10.0 Å². The number of aliphatic imine (C=N–C) groups is 1. The van der Waals surface area contributed by atoms with Gasteiger partial charge in [0.15, 0.2) is 5.96 Å². The average Bonchev–Trinajstić information content (AvgIpc) is 2.45. The average molecular weight is 375 g/mol. The van der Waals surface area contributed by atoms with Crippen molar-refractivity contribution in [3.63, 3.8) is 0 Å². The topological polar surface area (TPSA) is 106 Å². The summed E-state index contributed by atoms with van der Waals surface area (Å²) in [4.78, 5) is 4.03. The van der Waals surface area contributed by atoms with Crippen molar-refractivity contribution < 1.29 is 13.2 Å². The van der Waals surface area contributed by atoms with E-state index in [0.717, 1.165) is 12.8 Å². The molecule has 0 atom stereocenters. The Bertz CT molecular complexity index is 690. The number of nitrogens with one attached hydrogen (secondary N) is 2. The fraction of sp³-hybridized carbons (Fsp3) is 0.533. The van der Waals surface area contributed by atoms with Gasteiger partial charge in [0.05, 0.1) is 24.4 Å². The number of nitrogens with zero attached hydrogens (tertiary/aromatic N) is 1. The lowest BCUT2D eigenvalue weighted by Crippen LogP contribution is -2.34. The maximum atomic E-state index is 11.9. The van der Waals surface area contributed by atoms with Crippen molar-refractivity contribution in [3.05, 3.63) is 23.2 Å². The molecule has 0 heterocycles. The summed E-state index contributed by atoms with van der Waals surface area (Å²) in [6.07, 6.45) is 3.39. The molecule has 0 aromatic heterocycles. The third-order valence-electron chi connectivity index (χ3n) is 3.88. The van der Waals surface area contributed by atoms with Crippen LogP contribution in [0.15, 0.2) is 23.2 Å². The zero-order valence-electron chi connectivity index (χ0n) is 13.6. The minimum Gasteiger partial charge on any atom is -0.495 e. The highest BCUT2D eigenvalue weighted by molar-refractivity contribution is 7.89. The van der Waals surface area contributed by atoms with Gasteiger partial charge in [0.1, 0.15) is 5.75 Å². The highest BCUT2D eigenvalue weighted by Gasteiger charge is 2.19. The van der Waals surface area contributed by atoms with Crippen LogP contribution in [-0.4, -0.2) is 40.3 Å². The van der Waals surface area contributed by atoms with Gasteiger partial charge in [0.25, 0.3) is 0 Å². The first-order valence-corrected chi connectivity index (χ1v) is 9.80. The molecule has 1 aromatic rings. The summed E-state index contributed by atoms with van der Waals surface area (Å²) >= 11 is 6.02. The molecule has 0 unspecified atom stereocenters. The molecule has 1 fully saturated rings. The summed E-state index contributed by atoms with van der Waals surface area (Å²) in [5.74, 6) is 1.08.